The van der Waals surface area contributed by atoms with Gasteiger partial charge < -0.3 is 25.2 Å². The van der Waals surface area contributed by atoms with Crippen molar-refractivity contribution < 1.29 is 29.0 Å². The molecule has 40 heavy (non-hydrogen) atoms. The van der Waals surface area contributed by atoms with Crippen LogP contribution in [-0.2, 0) is 25.7 Å². The summed E-state index contributed by atoms with van der Waals surface area (Å²) >= 11 is 0. The molecule has 0 heterocycles. The molecule has 0 aliphatic heterocycles. The van der Waals surface area contributed by atoms with E-state index in [1.165, 1.54) is 0 Å². The van der Waals surface area contributed by atoms with E-state index in [1.807, 2.05) is 66.7 Å². The largest absolute Gasteiger partial charge is 0.481 e. The number of nitrogens with one attached hydrogen (secondary N) is 2. The molecule has 3 aromatic rings. The van der Waals surface area contributed by atoms with Crippen molar-refractivity contribution in [3.05, 3.63) is 95.6 Å². The third kappa shape index (κ3) is 6.02. The number of carboxylic acid groups (broad SMARTS) is 1. The smallest absolute Gasteiger partial charge is 0.407 e. The molecule has 2 aliphatic rings. The Balaban J connectivity index is 1.27. The van der Waals surface area contributed by atoms with Gasteiger partial charge in [-0.2, -0.15) is 0 Å². The van der Waals surface area contributed by atoms with Crippen LogP contribution < -0.4 is 10.6 Å². The van der Waals surface area contributed by atoms with E-state index in [4.69, 9.17) is 9.47 Å². The molecular weight excluding hydrogens is 508 g/mol. The number of aliphatic carboxylic acids is 1. The fraction of sp³-hybridized carbons (Fsp3) is 0.344. The quantitative estimate of drug-likeness (QED) is 0.337. The van der Waals surface area contributed by atoms with Crippen molar-refractivity contribution in [3.8, 4) is 11.1 Å². The number of carboxylic acids is 1. The van der Waals surface area contributed by atoms with Gasteiger partial charge in [-0.3, -0.25) is 9.59 Å². The summed E-state index contributed by atoms with van der Waals surface area (Å²) in [5.74, 6) is -2.20. The molecule has 8 heteroatoms. The SMILES string of the molecule is C[C@H](OCc1ccccc1)[C@@H](NC(=O)OCC1c2ccccc2-c2ccccc21)C(=O)N[C@H]1CCC[C@H]1C(=O)O. The highest BCUT2D eigenvalue weighted by Crippen LogP contribution is 2.44. The molecule has 0 radical (unpaired) electrons. The molecular formula is C32H34N2O6. The van der Waals surface area contributed by atoms with Crippen molar-refractivity contribution in [2.45, 2.75) is 56.9 Å². The maximum absolute atomic E-state index is 13.4. The molecule has 5 rings (SSSR count). The zero-order valence-electron chi connectivity index (χ0n) is 22.4. The van der Waals surface area contributed by atoms with Gasteiger partial charge in [0, 0.05) is 12.0 Å². The molecule has 4 atom stereocenters. The number of rotatable bonds is 10. The maximum atomic E-state index is 13.4. The summed E-state index contributed by atoms with van der Waals surface area (Å²) in [5, 5.41) is 15.1. The first-order valence-corrected chi connectivity index (χ1v) is 13.7. The number of ether oxygens (including phenoxy) is 2. The van der Waals surface area contributed by atoms with Crippen LogP contribution in [0.4, 0.5) is 4.79 Å². The Bertz CT molecular complexity index is 1310. The number of fused-ring (bicyclic) bond motifs is 3. The minimum Gasteiger partial charge on any atom is -0.481 e. The van der Waals surface area contributed by atoms with Gasteiger partial charge in [-0.05, 0) is 47.6 Å². The van der Waals surface area contributed by atoms with Crippen LogP contribution in [0.2, 0.25) is 0 Å². The Morgan fingerprint density at radius 2 is 1.52 bits per heavy atom. The highest BCUT2D eigenvalue weighted by atomic mass is 16.5. The predicted molar refractivity (Wildman–Crippen MR) is 150 cm³/mol. The molecule has 0 bridgehead atoms. The lowest BCUT2D eigenvalue weighted by molar-refractivity contribution is -0.142. The van der Waals surface area contributed by atoms with E-state index in [1.54, 1.807) is 6.92 Å². The van der Waals surface area contributed by atoms with Crippen LogP contribution in [0.15, 0.2) is 78.9 Å². The second-order valence-electron chi connectivity index (χ2n) is 10.4. The van der Waals surface area contributed by atoms with Crippen LogP contribution >= 0.6 is 0 Å². The van der Waals surface area contributed by atoms with Crippen molar-refractivity contribution in [1.82, 2.24) is 10.6 Å². The molecule has 3 N–H and O–H groups in total. The average Bonchev–Trinajstić information content (AvgIpc) is 3.56. The van der Waals surface area contributed by atoms with Crippen LogP contribution in [0, 0.1) is 5.92 Å². The van der Waals surface area contributed by atoms with Crippen LogP contribution in [-0.4, -0.2) is 47.9 Å². The monoisotopic (exact) mass is 542 g/mol. The summed E-state index contributed by atoms with van der Waals surface area (Å²) in [6.07, 6.45) is 0.348. The topological polar surface area (TPSA) is 114 Å². The molecule has 1 saturated carbocycles. The van der Waals surface area contributed by atoms with Crippen LogP contribution in [0.3, 0.4) is 0 Å². The number of benzene rings is 3. The van der Waals surface area contributed by atoms with Crippen molar-refractivity contribution in [2.75, 3.05) is 6.61 Å². The minimum absolute atomic E-state index is 0.108. The van der Waals surface area contributed by atoms with Crippen molar-refractivity contribution in [2.24, 2.45) is 5.92 Å². The summed E-state index contributed by atoms with van der Waals surface area (Å²) in [7, 11) is 0. The van der Waals surface area contributed by atoms with Gasteiger partial charge in [-0.1, -0.05) is 85.3 Å². The van der Waals surface area contributed by atoms with Gasteiger partial charge >= 0.3 is 12.1 Å². The molecule has 3 aromatic carbocycles. The summed E-state index contributed by atoms with van der Waals surface area (Å²) in [5.41, 5.74) is 5.35. The molecule has 0 saturated heterocycles. The first-order valence-electron chi connectivity index (χ1n) is 13.7. The summed E-state index contributed by atoms with van der Waals surface area (Å²) < 4.78 is 11.7. The van der Waals surface area contributed by atoms with E-state index in [9.17, 15) is 19.5 Å². The van der Waals surface area contributed by atoms with E-state index in [-0.39, 0.29) is 19.1 Å². The number of carbonyl (C=O) groups excluding carboxylic acids is 2. The van der Waals surface area contributed by atoms with Crippen LogP contribution in [0.25, 0.3) is 11.1 Å². The van der Waals surface area contributed by atoms with Gasteiger partial charge in [0.2, 0.25) is 5.91 Å². The van der Waals surface area contributed by atoms with Crippen LogP contribution in [0.5, 0.6) is 0 Å². The Labute approximate surface area is 233 Å². The van der Waals surface area contributed by atoms with Crippen molar-refractivity contribution in [1.29, 1.82) is 0 Å². The molecule has 0 spiro atoms. The molecule has 208 valence electrons. The van der Waals surface area contributed by atoms with Gasteiger partial charge in [0.15, 0.2) is 0 Å². The number of amides is 2. The van der Waals surface area contributed by atoms with Crippen LogP contribution in [0.1, 0.15) is 48.8 Å². The number of hydrogen-bond acceptors (Lipinski definition) is 5. The minimum atomic E-state index is -1.07. The molecule has 8 nitrogen and oxygen atoms in total. The van der Waals surface area contributed by atoms with E-state index in [0.29, 0.717) is 19.3 Å². The Kier molecular flexibility index (Phi) is 8.45. The van der Waals surface area contributed by atoms with E-state index < -0.39 is 42.1 Å². The van der Waals surface area contributed by atoms with Gasteiger partial charge in [0.1, 0.15) is 12.6 Å². The molecule has 0 aromatic heterocycles. The highest BCUT2D eigenvalue weighted by molar-refractivity contribution is 5.87. The fourth-order valence-corrected chi connectivity index (χ4v) is 5.76. The Morgan fingerprint density at radius 3 is 2.17 bits per heavy atom. The normalized spacial score (nSPS) is 19.2. The summed E-state index contributed by atoms with van der Waals surface area (Å²) in [4.78, 5) is 38.1. The molecule has 2 aliphatic carbocycles. The zero-order chi connectivity index (χ0) is 28.1. The van der Waals surface area contributed by atoms with Crippen molar-refractivity contribution >= 4 is 18.0 Å². The number of carbonyl (C=O) groups is 3. The van der Waals surface area contributed by atoms with E-state index >= 15 is 0 Å². The first kappa shape index (κ1) is 27.4. The average molecular weight is 543 g/mol. The lowest BCUT2D eigenvalue weighted by atomic mass is 9.98. The fourth-order valence-electron chi connectivity index (χ4n) is 5.76. The van der Waals surface area contributed by atoms with Crippen molar-refractivity contribution in [3.63, 3.8) is 0 Å². The third-order valence-corrected chi connectivity index (χ3v) is 7.89. The van der Waals surface area contributed by atoms with E-state index in [2.05, 4.69) is 22.8 Å². The second-order valence-corrected chi connectivity index (χ2v) is 10.4. The number of alkyl carbamates (subject to hydrolysis) is 1. The molecule has 1 fully saturated rings. The summed E-state index contributed by atoms with van der Waals surface area (Å²) in [6, 6.07) is 24.1. The Hall–Kier alpha value is -4.17. The summed E-state index contributed by atoms with van der Waals surface area (Å²) in [6.45, 7) is 2.07. The number of hydrogen-bond donors (Lipinski definition) is 3. The predicted octanol–water partition coefficient (Wildman–Crippen LogP) is 4.87. The van der Waals surface area contributed by atoms with Gasteiger partial charge in [-0.15, -0.1) is 0 Å². The maximum Gasteiger partial charge on any atom is 0.407 e. The third-order valence-electron chi connectivity index (χ3n) is 7.89. The second kappa shape index (κ2) is 12.3. The van der Waals surface area contributed by atoms with Gasteiger partial charge in [-0.25, -0.2) is 4.79 Å². The lowest BCUT2D eigenvalue weighted by Crippen LogP contribution is -2.56. The standard InChI is InChI=1S/C32H34N2O6/c1-20(39-18-21-10-3-2-4-11-21)29(30(35)33-28-17-9-16-26(28)31(36)37)34-32(38)40-19-27-24-14-7-5-12-22(24)23-13-6-8-15-25(23)27/h2-8,10-15,20,26-29H,9,16-19H2,1H3,(H,33,35)(H,34,38)(H,36,37)/t20-,26+,28-,29+/m0/s1. The van der Waals surface area contributed by atoms with E-state index in [0.717, 1.165) is 27.8 Å². The molecule has 0 unspecified atom stereocenters. The lowest BCUT2D eigenvalue weighted by Gasteiger charge is -2.27. The van der Waals surface area contributed by atoms with Gasteiger partial charge in [0.05, 0.1) is 18.6 Å². The zero-order valence-corrected chi connectivity index (χ0v) is 22.4. The Morgan fingerprint density at radius 1 is 0.900 bits per heavy atom. The highest BCUT2D eigenvalue weighted by Gasteiger charge is 2.37. The first-order chi connectivity index (χ1) is 19.4. The molecule has 2 amide bonds. The van der Waals surface area contributed by atoms with Gasteiger partial charge in [0.25, 0.3) is 0 Å².